The average molecular weight is 231 g/mol. The fourth-order valence-corrected chi connectivity index (χ4v) is 2.18. The van der Waals surface area contributed by atoms with Gasteiger partial charge in [0.2, 0.25) is 0 Å². The molecule has 0 aliphatic heterocycles. The standard InChI is InChI=1S/C12H19ClO2/c1-9(13)12(3)6-4-11(5-7-12)8-15-10(2)14/h11H,1,4-8H2,2-3H3. The molecule has 1 saturated carbocycles. The third kappa shape index (κ3) is 3.53. The second-order valence-corrected chi connectivity index (χ2v) is 5.17. The van der Waals surface area contributed by atoms with E-state index < -0.39 is 0 Å². The highest BCUT2D eigenvalue weighted by atomic mass is 35.5. The van der Waals surface area contributed by atoms with Crippen LogP contribution in [0.1, 0.15) is 39.5 Å². The largest absolute Gasteiger partial charge is 0.466 e. The number of ether oxygens (including phenoxy) is 1. The number of carbonyl (C=O) groups is 1. The SMILES string of the molecule is C=C(Cl)C1(C)CCC(COC(C)=O)CC1. The lowest BCUT2D eigenvalue weighted by Gasteiger charge is -2.36. The number of rotatable bonds is 3. The van der Waals surface area contributed by atoms with Crippen LogP contribution in [-0.4, -0.2) is 12.6 Å². The van der Waals surface area contributed by atoms with E-state index in [0.29, 0.717) is 12.5 Å². The molecule has 0 saturated heterocycles. The zero-order valence-corrected chi connectivity index (χ0v) is 10.3. The summed E-state index contributed by atoms with van der Waals surface area (Å²) in [4.78, 5) is 10.7. The van der Waals surface area contributed by atoms with Crippen molar-refractivity contribution in [2.45, 2.75) is 39.5 Å². The first-order valence-corrected chi connectivity index (χ1v) is 5.80. The molecule has 1 fully saturated rings. The van der Waals surface area contributed by atoms with Crippen molar-refractivity contribution >= 4 is 17.6 Å². The van der Waals surface area contributed by atoms with Gasteiger partial charge in [-0.1, -0.05) is 25.1 Å². The van der Waals surface area contributed by atoms with Crippen molar-refractivity contribution < 1.29 is 9.53 Å². The normalized spacial score (nSPS) is 31.0. The van der Waals surface area contributed by atoms with Crippen molar-refractivity contribution in [3.05, 3.63) is 11.6 Å². The first-order valence-electron chi connectivity index (χ1n) is 5.42. The van der Waals surface area contributed by atoms with Gasteiger partial charge in [0, 0.05) is 17.4 Å². The predicted octanol–water partition coefficient (Wildman–Crippen LogP) is 3.50. The second kappa shape index (κ2) is 5.02. The third-order valence-corrected chi connectivity index (χ3v) is 3.84. The summed E-state index contributed by atoms with van der Waals surface area (Å²) < 4.78 is 5.02. The number of carbonyl (C=O) groups excluding carboxylic acids is 1. The maximum atomic E-state index is 10.7. The van der Waals surface area contributed by atoms with Crippen molar-refractivity contribution in [3.63, 3.8) is 0 Å². The summed E-state index contributed by atoms with van der Waals surface area (Å²) in [6.45, 7) is 7.99. The molecule has 0 amide bonds. The molecule has 0 radical (unpaired) electrons. The Labute approximate surface area is 96.6 Å². The Kier molecular flexibility index (Phi) is 4.21. The zero-order chi connectivity index (χ0) is 11.5. The van der Waals surface area contributed by atoms with Gasteiger partial charge in [0.25, 0.3) is 0 Å². The van der Waals surface area contributed by atoms with Gasteiger partial charge in [0.1, 0.15) is 0 Å². The Morgan fingerprint density at radius 3 is 2.47 bits per heavy atom. The lowest BCUT2D eigenvalue weighted by molar-refractivity contribution is -0.142. The molecule has 86 valence electrons. The minimum Gasteiger partial charge on any atom is -0.466 e. The first-order chi connectivity index (χ1) is 6.94. The molecule has 0 bridgehead atoms. The van der Waals surface area contributed by atoms with E-state index in [0.717, 1.165) is 30.7 Å². The molecule has 0 aromatic rings. The quantitative estimate of drug-likeness (QED) is 0.694. The summed E-state index contributed by atoms with van der Waals surface area (Å²) in [5.41, 5.74) is 0.0777. The molecule has 1 rings (SSSR count). The summed E-state index contributed by atoms with van der Waals surface area (Å²) in [6.07, 6.45) is 4.22. The van der Waals surface area contributed by atoms with Gasteiger partial charge in [-0.25, -0.2) is 0 Å². The monoisotopic (exact) mass is 230 g/mol. The van der Waals surface area contributed by atoms with Crippen LogP contribution in [0, 0.1) is 11.3 Å². The van der Waals surface area contributed by atoms with E-state index in [1.807, 2.05) is 0 Å². The van der Waals surface area contributed by atoms with Crippen LogP contribution >= 0.6 is 11.6 Å². The van der Waals surface area contributed by atoms with E-state index in [1.54, 1.807) is 0 Å². The second-order valence-electron chi connectivity index (χ2n) is 4.71. The van der Waals surface area contributed by atoms with Crippen LogP contribution in [0.15, 0.2) is 11.6 Å². The molecule has 0 spiro atoms. The maximum absolute atomic E-state index is 10.7. The Bertz CT molecular complexity index is 252. The number of allylic oxidation sites excluding steroid dienone is 1. The van der Waals surface area contributed by atoms with Gasteiger partial charge in [-0.05, 0) is 31.6 Å². The third-order valence-electron chi connectivity index (χ3n) is 3.39. The van der Waals surface area contributed by atoms with Crippen molar-refractivity contribution in [1.82, 2.24) is 0 Å². The van der Waals surface area contributed by atoms with E-state index in [1.165, 1.54) is 6.92 Å². The Balaban J connectivity index is 2.35. The van der Waals surface area contributed by atoms with Crippen molar-refractivity contribution in [2.75, 3.05) is 6.61 Å². The zero-order valence-electron chi connectivity index (χ0n) is 9.51. The lowest BCUT2D eigenvalue weighted by atomic mass is 9.72. The minimum atomic E-state index is -0.190. The molecule has 0 unspecified atom stereocenters. The van der Waals surface area contributed by atoms with Crippen molar-refractivity contribution in [2.24, 2.45) is 11.3 Å². The summed E-state index contributed by atoms with van der Waals surface area (Å²) in [5, 5.41) is 0.758. The van der Waals surface area contributed by atoms with E-state index in [4.69, 9.17) is 16.3 Å². The van der Waals surface area contributed by atoms with Crippen LogP contribution < -0.4 is 0 Å². The summed E-state index contributed by atoms with van der Waals surface area (Å²) >= 11 is 5.99. The minimum absolute atomic E-state index is 0.0777. The maximum Gasteiger partial charge on any atom is 0.302 e. The van der Waals surface area contributed by atoms with Crippen LogP contribution in [-0.2, 0) is 9.53 Å². The van der Waals surface area contributed by atoms with Gasteiger partial charge in [-0.3, -0.25) is 4.79 Å². The molecule has 1 aliphatic rings. The van der Waals surface area contributed by atoms with Gasteiger partial charge in [0.05, 0.1) is 6.61 Å². The van der Waals surface area contributed by atoms with Gasteiger partial charge < -0.3 is 4.74 Å². The lowest BCUT2D eigenvalue weighted by Crippen LogP contribution is -2.27. The molecule has 0 heterocycles. The molecule has 1 aliphatic carbocycles. The first kappa shape index (κ1) is 12.6. The Hall–Kier alpha value is -0.500. The number of hydrogen-bond donors (Lipinski definition) is 0. The molecule has 0 N–H and O–H groups in total. The van der Waals surface area contributed by atoms with Crippen LogP contribution in [0.5, 0.6) is 0 Å². The Morgan fingerprint density at radius 2 is 2.07 bits per heavy atom. The summed E-state index contributed by atoms with van der Waals surface area (Å²) in [6, 6.07) is 0. The molecule has 15 heavy (non-hydrogen) atoms. The smallest absolute Gasteiger partial charge is 0.302 e. The topological polar surface area (TPSA) is 26.3 Å². The van der Waals surface area contributed by atoms with Crippen molar-refractivity contribution in [3.8, 4) is 0 Å². The van der Waals surface area contributed by atoms with E-state index >= 15 is 0 Å². The predicted molar refractivity (Wildman–Crippen MR) is 61.7 cm³/mol. The Morgan fingerprint density at radius 1 is 1.53 bits per heavy atom. The van der Waals surface area contributed by atoms with Gasteiger partial charge in [-0.15, -0.1) is 0 Å². The highest BCUT2D eigenvalue weighted by molar-refractivity contribution is 6.29. The van der Waals surface area contributed by atoms with Gasteiger partial charge in [-0.2, -0.15) is 0 Å². The van der Waals surface area contributed by atoms with Crippen LogP contribution in [0.4, 0.5) is 0 Å². The number of halogens is 1. The summed E-state index contributed by atoms with van der Waals surface area (Å²) in [5.74, 6) is 0.308. The van der Waals surface area contributed by atoms with Crippen molar-refractivity contribution in [1.29, 1.82) is 0 Å². The van der Waals surface area contributed by atoms with Crippen LogP contribution in [0.25, 0.3) is 0 Å². The molecular formula is C12H19ClO2. The van der Waals surface area contributed by atoms with E-state index in [-0.39, 0.29) is 11.4 Å². The fraction of sp³-hybridized carbons (Fsp3) is 0.750. The van der Waals surface area contributed by atoms with E-state index in [2.05, 4.69) is 13.5 Å². The highest BCUT2D eigenvalue weighted by Gasteiger charge is 2.33. The number of hydrogen-bond acceptors (Lipinski definition) is 2. The average Bonchev–Trinajstić information content (AvgIpc) is 2.16. The molecule has 0 aromatic heterocycles. The molecule has 2 nitrogen and oxygen atoms in total. The van der Waals surface area contributed by atoms with Crippen LogP contribution in [0.2, 0.25) is 0 Å². The molecule has 3 heteroatoms. The molecular weight excluding hydrogens is 212 g/mol. The van der Waals surface area contributed by atoms with E-state index in [9.17, 15) is 4.79 Å². The van der Waals surface area contributed by atoms with Crippen LogP contribution in [0.3, 0.4) is 0 Å². The highest BCUT2D eigenvalue weighted by Crippen LogP contribution is 2.44. The molecule has 0 aromatic carbocycles. The number of esters is 1. The fourth-order valence-electron chi connectivity index (χ4n) is 1.99. The van der Waals surface area contributed by atoms with Gasteiger partial charge >= 0.3 is 5.97 Å². The molecule has 0 atom stereocenters. The summed E-state index contributed by atoms with van der Waals surface area (Å²) in [7, 11) is 0. The van der Waals surface area contributed by atoms with Gasteiger partial charge in [0.15, 0.2) is 0 Å².